The fourth-order valence-corrected chi connectivity index (χ4v) is 11.2. The van der Waals surface area contributed by atoms with Crippen molar-refractivity contribution in [3.63, 3.8) is 0 Å². The molecule has 5 heterocycles. The van der Waals surface area contributed by atoms with Crippen LogP contribution in [0.5, 0.6) is 5.75 Å². The molecule has 0 aliphatic rings. The summed E-state index contributed by atoms with van der Waals surface area (Å²) in [6, 6.07) is 63.4. The van der Waals surface area contributed by atoms with Crippen molar-refractivity contribution in [3.8, 4) is 45.2 Å². The van der Waals surface area contributed by atoms with Crippen molar-refractivity contribution >= 4 is 112 Å². The minimum absolute atomic E-state index is 0. The van der Waals surface area contributed by atoms with Crippen LogP contribution < -0.4 is 15.3 Å². The van der Waals surface area contributed by atoms with Gasteiger partial charge in [-0.2, -0.15) is 26.9 Å². The average Bonchev–Trinajstić information content (AvgIpc) is 1.21. The van der Waals surface area contributed by atoms with E-state index >= 15 is 0 Å². The van der Waals surface area contributed by atoms with Gasteiger partial charge in [0.15, 0.2) is 11.2 Å². The van der Waals surface area contributed by atoms with Crippen molar-refractivity contribution in [3.05, 3.63) is 287 Å². The number of hydrogen-bond donors (Lipinski definition) is 2. The molecule has 5 aromatic heterocycles. The van der Waals surface area contributed by atoms with Crippen LogP contribution in [-0.2, 0) is 23.2 Å². The molecule has 0 atom stereocenters. The van der Waals surface area contributed by atoms with Crippen LogP contribution in [0, 0.1) is 25.2 Å². The van der Waals surface area contributed by atoms with Crippen LogP contribution in [0.4, 0.5) is 13.2 Å². The van der Waals surface area contributed by atoms with Gasteiger partial charge in [0.25, 0.3) is 0 Å². The van der Waals surface area contributed by atoms with Gasteiger partial charge >= 0.3 is 15.6 Å². The number of nitrogens with zero attached hydrogens (tertiary/aromatic N) is 8. The van der Waals surface area contributed by atoms with Crippen LogP contribution in [0.25, 0.3) is 98.3 Å². The van der Waals surface area contributed by atoms with Gasteiger partial charge in [-0.15, -0.1) is 0 Å². The first-order chi connectivity index (χ1) is 43.4. The van der Waals surface area contributed by atoms with Gasteiger partial charge in [0.05, 0.1) is 45.8 Å². The fraction of sp³-hybridized carbons (Fsp3) is 0.0725. The number of aromatic amines is 1. The number of alkyl halides is 3. The van der Waals surface area contributed by atoms with Crippen LogP contribution in [-0.4, -0.2) is 38.8 Å². The maximum atomic E-state index is 12.2. The van der Waals surface area contributed by atoms with Crippen molar-refractivity contribution in [2.45, 2.75) is 32.4 Å². The number of rotatable bonds is 8. The first kappa shape index (κ1) is 64.8. The number of H-pyrrole nitrogens is 1. The molecule has 0 saturated heterocycles. The number of nitrogens with two attached hydrogens (primary N) is 1. The summed E-state index contributed by atoms with van der Waals surface area (Å²) in [6.07, 6.45) is 8.28. The number of benzene rings is 8. The van der Waals surface area contributed by atoms with Crippen LogP contribution in [0.15, 0.2) is 248 Å². The van der Waals surface area contributed by atoms with Crippen LogP contribution in [0.1, 0.15) is 29.2 Å². The fourth-order valence-electron chi connectivity index (χ4n) is 9.63. The highest BCUT2D eigenvalue weighted by atomic mass is 79.9. The van der Waals surface area contributed by atoms with Crippen LogP contribution in [0.2, 0.25) is 0 Å². The second-order valence-corrected chi connectivity index (χ2v) is 24.1. The predicted octanol–water partition coefficient (Wildman–Crippen LogP) is 19.0. The average molecular weight is 1410 g/mol. The molecule has 0 radical (unpaired) electrons. The molecule has 0 saturated carbocycles. The molecule has 0 fully saturated rings. The standard InChI is InChI=1S/C17H16N2.C17H12N2.C16H11BrN4.C10H5BrF3NO3S.C9H6BrNO.H2/c2*1-12-6-7-16-15(8-9-19-17(16)10-12)14-5-3-2-4-13(14)11-18;17-12-5-6-15-14(7-8-19-16(15)9-12)13-4-2-1-3-11(13)10-20-21-18;11-6-1-2-7-8(5-6)15-4-3-9(7)18-19(16,17)10(12,13)14;10-6-1-2-7-8(5-6)11-4-3-9(7)12;/h2-10H,11,18H2,1H3;2-10H,1H3;1-9H,10H2;1-5H;1-5H,(H,11,12);1H. The number of azide groups is 1. The quantitative estimate of drug-likeness (QED) is 0.0481. The zero-order valence-electron chi connectivity index (χ0n) is 47.7. The van der Waals surface area contributed by atoms with E-state index in [4.69, 9.17) is 11.3 Å². The Labute approximate surface area is 541 Å². The molecule has 8 aromatic carbocycles. The largest absolute Gasteiger partial charge is 0.534 e. The minimum Gasteiger partial charge on any atom is -0.375 e. The summed E-state index contributed by atoms with van der Waals surface area (Å²) in [5.41, 5.74) is 24.9. The van der Waals surface area contributed by atoms with E-state index in [1.165, 1.54) is 51.9 Å². The summed E-state index contributed by atoms with van der Waals surface area (Å²) in [4.78, 5) is 34.3. The summed E-state index contributed by atoms with van der Waals surface area (Å²) in [6.45, 7) is 5.03. The Hall–Kier alpha value is -9.65. The van der Waals surface area contributed by atoms with Crippen LogP contribution >= 0.6 is 47.8 Å². The predicted molar refractivity (Wildman–Crippen MR) is 364 cm³/mol. The van der Waals surface area contributed by atoms with Crippen molar-refractivity contribution in [1.29, 1.82) is 5.26 Å². The highest BCUT2D eigenvalue weighted by molar-refractivity contribution is 9.11. The van der Waals surface area contributed by atoms with Crippen LogP contribution in [0.3, 0.4) is 0 Å². The Morgan fingerprint density at radius 2 is 1.02 bits per heavy atom. The van der Waals surface area contributed by atoms with Crippen molar-refractivity contribution in [1.82, 2.24) is 24.9 Å². The lowest BCUT2D eigenvalue weighted by Gasteiger charge is -2.11. The van der Waals surface area contributed by atoms with Gasteiger partial charge in [0, 0.05) is 102 Å². The lowest BCUT2D eigenvalue weighted by atomic mass is 9.96. The topological polar surface area (TPSA) is 226 Å². The molecule has 0 aliphatic carbocycles. The normalized spacial score (nSPS) is 10.9. The number of aromatic nitrogens is 5. The molecule has 21 heteroatoms. The number of halogens is 6. The molecule has 0 aliphatic heterocycles. The highest BCUT2D eigenvalue weighted by Crippen LogP contribution is 2.35. The van der Waals surface area contributed by atoms with E-state index in [2.05, 4.69) is 167 Å². The van der Waals surface area contributed by atoms with E-state index in [0.717, 1.165) is 92.8 Å². The molecule has 13 aromatic rings. The van der Waals surface area contributed by atoms with Gasteiger partial charge < -0.3 is 14.9 Å². The summed E-state index contributed by atoms with van der Waals surface area (Å²) in [5.74, 6) is -0.421. The summed E-state index contributed by atoms with van der Waals surface area (Å²) in [7, 11) is -5.69. The molecule has 3 N–H and O–H groups in total. The second-order valence-electron chi connectivity index (χ2n) is 19.8. The second kappa shape index (κ2) is 29.6. The maximum Gasteiger partial charge on any atom is 0.534 e. The first-order valence-electron chi connectivity index (χ1n) is 27.3. The summed E-state index contributed by atoms with van der Waals surface area (Å²) >= 11 is 9.97. The number of pyridine rings is 5. The van der Waals surface area contributed by atoms with Gasteiger partial charge in [0.1, 0.15) is 0 Å². The van der Waals surface area contributed by atoms with Crippen molar-refractivity contribution in [2.24, 2.45) is 10.8 Å². The molecule has 0 spiro atoms. The lowest BCUT2D eigenvalue weighted by Crippen LogP contribution is -2.28. The Morgan fingerprint density at radius 1 is 0.578 bits per heavy atom. The number of nitriles is 1. The number of nitrogens with one attached hydrogen (secondary N) is 1. The highest BCUT2D eigenvalue weighted by Gasteiger charge is 2.48. The van der Waals surface area contributed by atoms with Crippen molar-refractivity contribution in [2.75, 3.05) is 0 Å². The summed E-state index contributed by atoms with van der Waals surface area (Å²) in [5, 5.41) is 17.1. The van der Waals surface area contributed by atoms with Gasteiger partial charge in [-0.05, 0) is 154 Å². The molecule has 450 valence electrons. The Kier molecular flexibility index (Phi) is 21.3. The number of aryl methyl sites for hydroxylation is 2. The molecule has 13 rings (SSSR count). The maximum absolute atomic E-state index is 12.2. The number of fused-ring (bicyclic) bond motifs is 5. The lowest BCUT2D eigenvalue weighted by molar-refractivity contribution is -0.0499. The Morgan fingerprint density at radius 3 is 1.57 bits per heavy atom. The third-order valence-corrected chi connectivity index (χ3v) is 16.3. The number of hydrogen-bond acceptors (Lipinski definition) is 11. The van der Waals surface area contributed by atoms with Gasteiger partial charge in [-0.1, -0.05) is 150 Å². The van der Waals surface area contributed by atoms with E-state index in [0.29, 0.717) is 28.6 Å². The molecule has 90 heavy (non-hydrogen) atoms. The first-order valence-corrected chi connectivity index (χ1v) is 31.1. The third kappa shape index (κ3) is 15.8. The van der Waals surface area contributed by atoms with E-state index in [1.807, 2.05) is 103 Å². The molecular formula is C69H52Br3F3N10O4S. The van der Waals surface area contributed by atoms with Crippen molar-refractivity contribution < 1.29 is 27.2 Å². The molecular weight excluding hydrogens is 1360 g/mol. The van der Waals surface area contributed by atoms with Gasteiger partial charge in [-0.25, -0.2) is 0 Å². The Balaban J connectivity index is 0.000000147. The van der Waals surface area contributed by atoms with E-state index in [-0.39, 0.29) is 12.2 Å². The molecule has 0 amide bonds. The Bertz CT molecular complexity index is 5070. The van der Waals surface area contributed by atoms with E-state index in [1.54, 1.807) is 24.7 Å². The smallest absolute Gasteiger partial charge is 0.375 e. The van der Waals surface area contributed by atoms with E-state index in [9.17, 15) is 31.6 Å². The molecule has 0 bridgehead atoms. The molecule has 14 nitrogen and oxygen atoms in total. The van der Waals surface area contributed by atoms with Gasteiger partial charge in [-0.3, -0.25) is 24.7 Å². The minimum atomic E-state index is -5.69. The third-order valence-electron chi connectivity index (χ3n) is 13.8. The van der Waals surface area contributed by atoms with E-state index < -0.39 is 21.4 Å². The molecule has 0 unspecified atom stereocenters. The van der Waals surface area contributed by atoms with Gasteiger partial charge in [0.2, 0.25) is 0 Å². The SMILES string of the molecule is Cc1ccc2c(-c3ccccc3C#N)ccnc2c1.Cc1ccc2c(-c3ccccc3CN)ccnc2c1.O=S(=O)(Oc1ccnc2cc(Br)ccc12)C(F)(F)F.O=c1cc[nH]c2cc(Br)ccc12.[HH].[N-]=[N+]=NCc1ccccc1-c1ccnc2cc(Br)ccc12. The monoisotopic (exact) mass is 1410 g/mol. The zero-order chi connectivity index (χ0) is 64.0. The zero-order valence-corrected chi connectivity index (χ0v) is 53.3. The summed E-state index contributed by atoms with van der Waals surface area (Å²) < 4.78 is 65.4.